The minimum absolute atomic E-state index is 0.333. The van der Waals surface area contributed by atoms with Crippen molar-refractivity contribution >= 4 is 11.6 Å². The first kappa shape index (κ1) is 6.12. The molecule has 0 aliphatic carbocycles. The molecular formula is C5H4ClN3. The average molecular weight is 142 g/mol. The highest BCUT2D eigenvalue weighted by Gasteiger charge is 2.00. The van der Waals surface area contributed by atoms with Crippen LogP contribution in [0.1, 0.15) is 5.82 Å². The summed E-state index contributed by atoms with van der Waals surface area (Å²) in [6.45, 7) is 0. The molecule has 46 valence electrons. The van der Waals surface area contributed by atoms with Gasteiger partial charge in [-0.15, -0.1) is 0 Å². The second kappa shape index (κ2) is 2.08. The number of hydrogen-bond acceptors (Lipinski definition) is 2. The maximum absolute atomic E-state index is 8.34. The van der Waals surface area contributed by atoms with E-state index < -0.39 is 0 Å². The summed E-state index contributed by atoms with van der Waals surface area (Å²) < 4.78 is 1.52. The molecule has 0 aliphatic heterocycles. The molecule has 9 heavy (non-hydrogen) atoms. The fraction of sp³-hybridized carbons (Fsp3) is 0.200. The standard InChI is InChI=1S/C5H4ClN3/c1-9-4(6)3-8-5(9)2-7/h3H,1H3. The fourth-order valence-corrected chi connectivity index (χ4v) is 0.621. The molecule has 0 saturated carbocycles. The topological polar surface area (TPSA) is 41.6 Å². The zero-order chi connectivity index (χ0) is 6.85. The summed E-state index contributed by atoms with van der Waals surface area (Å²) in [4.78, 5) is 3.70. The highest BCUT2D eigenvalue weighted by atomic mass is 35.5. The van der Waals surface area contributed by atoms with Gasteiger partial charge in [0.1, 0.15) is 11.2 Å². The number of hydrogen-bond donors (Lipinski definition) is 0. The van der Waals surface area contributed by atoms with Gasteiger partial charge in [0.2, 0.25) is 5.82 Å². The first-order valence-corrected chi connectivity index (χ1v) is 2.71. The van der Waals surface area contributed by atoms with Crippen LogP contribution in [0, 0.1) is 11.3 Å². The largest absolute Gasteiger partial charge is 0.310 e. The summed E-state index contributed by atoms with van der Waals surface area (Å²) in [7, 11) is 1.69. The van der Waals surface area contributed by atoms with Crippen LogP contribution in [0.15, 0.2) is 6.20 Å². The van der Waals surface area contributed by atoms with Gasteiger partial charge < -0.3 is 4.57 Å². The van der Waals surface area contributed by atoms with E-state index in [4.69, 9.17) is 16.9 Å². The Bertz CT molecular complexity index is 258. The van der Waals surface area contributed by atoms with Crippen LogP contribution in [-0.4, -0.2) is 9.55 Å². The van der Waals surface area contributed by atoms with Crippen molar-refractivity contribution in [3.63, 3.8) is 0 Å². The van der Waals surface area contributed by atoms with Crippen LogP contribution in [0.3, 0.4) is 0 Å². The lowest BCUT2D eigenvalue weighted by Crippen LogP contribution is -1.91. The first-order valence-electron chi connectivity index (χ1n) is 2.33. The van der Waals surface area contributed by atoms with Crippen LogP contribution in [0.4, 0.5) is 0 Å². The SMILES string of the molecule is Cn1c(Cl)cnc1C#N. The Labute approximate surface area is 57.5 Å². The Balaban J connectivity index is 3.24. The van der Waals surface area contributed by atoms with Crippen LogP contribution in [0.5, 0.6) is 0 Å². The van der Waals surface area contributed by atoms with E-state index in [1.807, 2.05) is 6.07 Å². The lowest BCUT2D eigenvalue weighted by molar-refractivity contribution is 0.890. The molecular weight excluding hydrogens is 138 g/mol. The number of nitriles is 1. The van der Waals surface area contributed by atoms with Crippen molar-refractivity contribution in [3.05, 3.63) is 17.2 Å². The Kier molecular flexibility index (Phi) is 1.41. The van der Waals surface area contributed by atoms with Gasteiger partial charge in [-0.3, -0.25) is 0 Å². The summed E-state index contributed by atoms with van der Waals surface area (Å²) in [5, 5.41) is 8.82. The zero-order valence-corrected chi connectivity index (χ0v) is 5.55. The van der Waals surface area contributed by atoms with E-state index in [1.165, 1.54) is 10.8 Å². The van der Waals surface area contributed by atoms with Crippen LogP contribution < -0.4 is 0 Å². The second-order valence-corrected chi connectivity index (χ2v) is 1.96. The van der Waals surface area contributed by atoms with Crippen molar-refractivity contribution in [2.75, 3.05) is 0 Å². The van der Waals surface area contributed by atoms with Gasteiger partial charge in [0.15, 0.2) is 0 Å². The van der Waals surface area contributed by atoms with Crippen LogP contribution in [0.2, 0.25) is 5.15 Å². The molecule has 1 heterocycles. The van der Waals surface area contributed by atoms with E-state index in [2.05, 4.69) is 4.98 Å². The molecule has 0 fully saturated rings. The first-order chi connectivity index (χ1) is 4.25. The molecule has 3 nitrogen and oxygen atoms in total. The molecule has 0 aromatic carbocycles. The van der Waals surface area contributed by atoms with E-state index in [1.54, 1.807) is 7.05 Å². The highest BCUT2D eigenvalue weighted by Crippen LogP contribution is 2.06. The minimum atomic E-state index is 0.333. The van der Waals surface area contributed by atoms with Gasteiger partial charge >= 0.3 is 0 Å². The van der Waals surface area contributed by atoms with E-state index in [0.717, 1.165) is 0 Å². The molecule has 0 saturated heterocycles. The number of rotatable bonds is 0. The predicted octanol–water partition coefficient (Wildman–Crippen LogP) is 0.945. The Morgan fingerprint density at radius 2 is 2.56 bits per heavy atom. The molecule has 0 N–H and O–H groups in total. The maximum Gasteiger partial charge on any atom is 0.213 e. The quantitative estimate of drug-likeness (QED) is 0.540. The third-order valence-corrected chi connectivity index (χ3v) is 1.38. The third-order valence-electron chi connectivity index (χ3n) is 1.03. The van der Waals surface area contributed by atoms with Gasteiger partial charge in [-0.25, -0.2) is 4.98 Å². The third kappa shape index (κ3) is 0.889. The molecule has 0 amide bonds. The zero-order valence-electron chi connectivity index (χ0n) is 4.80. The van der Waals surface area contributed by atoms with Crippen LogP contribution >= 0.6 is 11.6 Å². The maximum atomic E-state index is 8.34. The van der Waals surface area contributed by atoms with Gasteiger partial charge in [-0.1, -0.05) is 11.6 Å². The average Bonchev–Trinajstić information content (AvgIpc) is 2.15. The second-order valence-electron chi connectivity index (χ2n) is 1.58. The van der Waals surface area contributed by atoms with Crippen molar-refractivity contribution < 1.29 is 0 Å². The monoisotopic (exact) mass is 141 g/mol. The van der Waals surface area contributed by atoms with Crippen molar-refractivity contribution in [1.82, 2.24) is 9.55 Å². The molecule has 0 spiro atoms. The molecule has 1 aromatic heterocycles. The van der Waals surface area contributed by atoms with Crippen molar-refractivity contribution in [3.8, 4) is 6.07 Å². The molecule has 0 atom stereocenters. The summed E-state index contributed by atoms with van der Waals surface area (Å²) in [5.41, 5.74) is 0. The molecule has 1 rings (SSSR count). The predicted molar refractivity (Wildman–Crippen MR) is 32.9 cm³/mol. The smallest absolute Gasteiger partial charge is 0.213 e. The van der Waals surface area contributed by atoms with Gasteiger partial charge in [-0.2, -0.15) is 5.26 Å². The van der Waals surface area contributed by atoms with E-state index in [0.29, 0.717) is 11.0 Å². The van der Waals surface area contributed by atoms with Crippen molar-refractivity contribution in [2.24, 2.45) is 7.05 Å². The van der Waals surface area contributed by atoms with Gasteiger partial charge in [0.05, 0.1) is 6.20 Å². The van der Waals surface area contributed by atoms with Gasteiger partial charge in [-0.05, 0) is 0 Å². The van der Waals surface area contributed by atoms with E-state index >= 15 is 0 Å². The summed E-state index contributed by atoms with van der Waals surface area (Å²) >= 11 is 5.56. The van der Waals surface area contributed by atoms with Crippen molar-refractivity contribution in [2.45, 2.75) is 0 Å². The Morgan fingerprint density at radius 1 is 1.89 bits per heavy atom. The number of nitrogens with zero attached hydrogens (tertiary/aromatic N) is 3. The highest BCUT2D eigenvalue weighted by molar-refractivity contribution is 6.29. The molecule has 0 unspecified atom stereocenters. The molecule has 1 aromatic rings. The van der Waals surface area contributed by atoms with E-state index in [9.17, 15) is 0 Å². The fourth-order valence-electron chi connectivity index (χ4n) is 0.493. The lowest BCUT2D eigenvalue weighted by atomic mass is 10.7. The molecule has 0 radical (unpaired) electrons. The van der Waals surface area contributed by atoms with Crippen molar-refractivity contribution in [1.29, 1.82) is 5.26 Å². The Morgan fingerprint density at radius 3 is 2.78 bits per heavy atom. The summed E-state index contributed by atoms with van der Waals surface area (Å²) in [5.74, 6) is 0.333. The summed E-state index contributed by atoms with van der Waals surface area (Å²) in [6, 6.07) is 1.88. The van der Waals surface area contributed by atoms with Crippen LogP contribution in [0.25, 0.3) is 0 Å². The van der Waals surface area contributed by atoms with Crippen LogP contribution in [-0.2, 0) is 7.05 Å². The summed E-state index contributed by atoms with van der Waals surface area (Å²) in [6.07, 6.45) is 1.44. The molecule has 0 bridgehead atoms. The normalized spacial score (nSPS) is 9.00. The Hall–Kier alpha value is -1.01. The van der Waals surface area contributed by atoms with Gasteiger partial charge in [0.25, 0.3) is 0 Å². The number of aromatic nitrogens is 2. The minimum Gasteiger partial charge on any atom is -0.310 e. The number of halogens is 1. The number of imidazole rings is 1. The van der Waals surface area contributed by atoms with E-state index in [-0.39, 0.29) is 0 Å². The lowest BCUT2D eigenvalue weighted by Gasteiger charge is -1.89. The van der Waals surface area contributed by atoms with Gasteiger partial charge in [0, 0.05) is 7.05 Å². The molecule has 4 heteroatoms. The molecule has 0 aliphatic rings.